The van der Waals surface area contributed by atoms with Crippen LogP contribution in [-0.4, -0.2) is 39.7 Å². The van der Waals surface area contributed by atoms with Gasteiger partial charge in [0.05, 0.1) is 29.9 Å². The van der Waals surface area contributed by atoms with E-state index in [0.29, 0.717) is 41.2 Å². The summed E-state index contributed by atoms with van der Waals surface area (Å²) in [5.41, 5.74) is 9.26. The Morgan fingerprint density at radius 2 is 2.03 bits per heavy atom. The monoisotopic (exact) mass is 391 g/mol. The van der Waals surface area contributed by atoms with Gasteiger partial charge in [-0.2, -0.15) is 0 Å². The van der Waals surface area contributed by atoms with Crippen LogP contribution in [0.15, 0.2) is 47.1 Å². The first-order chi connectivity index (χ1) is 14.2. The number of nitrogens with one attached hydrogen (secondary N) is 1. The zero-order valence-corrected chi connectivity index (χ0v) is 15.8. The molecule has 0 saturated carbocycles. The Bertz CT molecular complexity index is 1180. The zero-order valence-electron chi connectivity index (χ0n) is 15.8. The Morgan fingerprint density at radius 1 is 1.21 bits per heavy atom. The van der Waals surface area contributed by atoms with E-state index in [4.69, 9.17) is 24.9 Å². The molecule has 3 aromatic heterocycles. The van der Waals surface area contributed by atoms with Crippen molar-refractivity contribution < 1.29 is 13.9 Å². The summed E-state index contributed by atoms with van der Waals surface area (Å²) >= 11 is 0. The zero-order chi connectivity index (χ0) is 19.8. The number of nitrogens with two attached hydrogens (primary N) is 1. The Balaban J connectivity index is 1.60. The van der Waals surface area contributed by atoms with Crippen molar-refractivity contribution in [2.24, 2.45) is 0 Å². The van der Waals surface area contributed by atoms with Crippen LogP contribution in [-0.2, 0) is 11.3 Å². The van der Waals surface area contributed by atoms with Crippen molar-refractivity contribution in [2.45, 2.75) is 25.5 Å². The fraction of sp³-hybridized carbons (Fsp3) is 0.286. The molecule has 0 radical (unpaired) electrons. The van der Waals surface area contributed by atoms with Crippen molar-refractivity contribution in [3.05, 3.63) is 54.0 Å². The first-order valence-electron chi connectivity index (χ1n) is 9.67. The van der Waals surface area contributed by atoms with E-state index in [1.54, 1.807) is 10.8 Å². The second kappa shape index (κ2) is 7.21. The summed E-state index contributed by atoms with van der Waals surface area (Å²) in [7, 11) is 0. The molecule has 8 heteroatoms. The van der Waals surface area contributed by atoms with Crippen molar-refractivity contribution in [1.82, 2.24) is 19.9 Å². The maximum Gasteiger partial charge on any atom is 0.257 e. The SMILES string of the molecule is Nc1c(C(=O)NC[C@@H]2CCCO2)c2nc3ccccc3nc2n1Cc1ccco1. The predicted octanol–water partition coefficient (Wildman–Crippen LogP) is 2.72. The average molecular weight is 391 g/mol. The van der Waals surface area contributed by atoms with Gasteiger partial charge in [0.25, 0.3) is 5.91 Å². The number of rotatable bonds is 5. The van der Waals surface area contributed by atoms with Gasteiger partial charge in [0, 0.05) is 13.2 Å². The van der Waals surface area contributed by atoms with E-state index in [-0.39, 0.29) is 12.0 Å². The number of hydrogen-bond donors (Lipinski definition) is 2. The van der Waals surface area contributed by atoms with Crippen LogP contribution < -0.4 is 11.1 Å². The van der Waals surface area contributed by atoms with Gasteiger partial charge in [0.2, 0.25) is 0 Å². The Labute approximate surface area is 166 Å². The molecule has 4 aromatic rings. The lowest BCUT2D eigenvalue weighted by Crippen LogP contribution is -2.32. The van der Waals surface area contributed by atoms with Crippen molar-refractivity contribution in [2.75, 3.05) is 18.9 Å². The number of nitrogen functional groups attached to an aromatic ring is 1. The predicted molar refractivity (Wildman–Crippen MR) is 109 cm³/mol. The number of furan rings is 1. The smallest absolute Gasteiger partial charge is 0.257 e. The van der Waals surface area contributed by atoms with E-state index in [1.165, 1.54) is 0 Å². The number of anilines is 1. The third kappa shape index (κ3) is 3.21. The summed E-state index contributed by atoms with van der Waals surface area (Å²) in [4.78, 5) is 22.5. The third-order valence-corrected chi connectivity index (χ3v) is 5.23. The summed E-state index contributed by atoms with van der Waals surface area (Å²) in [6, 6.07) is 11.2. The van der Waals surface area contributed by atoms with Crippen molar-refractivity contribution in [3.63, 3.8) is 0 Å². The number of amides is 1. The summed E-state index contributed by atoms with van der Waals surface area (Å²) < 4.78 is 12.8. The maximum absolute atomic E-state index is 13.0. The Morgan fingerprint density at radius 3 is 2.76 bits per heavy atom. The lowest BCUT2D eigenvalue weighted by Gasteiger charge is -2.11. The number of carbonyl (C=O) groups is 1. The highest BCUT2D eigenvalue weighted by atomic mass is 16.5. The molecule has 8 nitrogen and oxygen atoms in total. The fourth-order valence-electron chi connectivity index (χ4n) is 3.76. The van der Waals surface area contributed by atoms with Gasteiger partial charge in [-0.1, -0.05) is 12.1 Å². The highest BCUT2D eigenvalue weighted by molar-refractivity contribution is 6.10. The van der Waals surface area contributed by atoms with E-state index in [2.05, 4.69) is 5.32 Å². The molecule has 1 atom stereocenters. The first kappa shape index (κ1) is 17.7. The molecule has 1 amide bonds. The molecule has 3 N–H and O–H groups in total. The molecular formula is C21H21N5O3. The van der Waals surface area contributed by atoms with E-state index in [0.717, 1.165) is 30.7 Å². The van der Waals surface area contributed by atoms with Crippen molar-refractivity contribution >= 4 is 33.9 Å². The minimum atomic E-state index is -0.272. The van der Waals surface area contributed by atoms with Crippen molar-refractivity contribution in [1.29, 1.82) is 0 Å². The number of benzene rings is 1. The second-order valence-corrected chi connectivity index (χ2v) is 7.16. The first-order valence-corrected chi connectivity index (χ1v) is 9.67. The lowest BCUT2D eigenvalue weighted by molar-refractivity contribution is 0.0859. The fourth-order valence-corrected chi connectivity index (χ4v) is 3.76. The van der Waals surface area contributed by atoms with Gasteiger partial charge in [0.15, 0.2) is 5.65 Å². The van der Waals surface area contributed by atoms with E-state index in [9.17, 15) is 4.79 Å². The van der Waals surface area contributed by atoms with Crippen LogP contribution in [0.2, 0.25) is 0 Å². The van der Waals surface area contributed by atoms with E-state index >= 15 is 0 Å². The molecule has 5 rings (SSSR count). The van der Waals surface area contributed by atoms with Gasteiger partial charge in [-0.25, -0.2) is 9.97 Å². The van der Waals surface area contributed by atoms with Gasteiger partial charge >= 0.3 is 0 Å². The number of fused-ring (bicyclic) bond motifs is 2. The van der Waals surface area contributed by atoms with Crippen LogP contribution in [0.4, 0.5) is 5.82 Å². The van der Waals surface area contributed by atoms with Crippen LogP contribution in [0.25, 0.3) is 22.2 Å². The quantitative estimate of drug-likeness (QED) is 0.542. The van der Waals surface area contributed by atoms with Gasteiger partial charge < -0.3 is 24.8 Å². The third-order valence-electron chi connectivity index (χ3n) is 5.23. The number of hydrogen-bond acceptors (Lipinski definition) is 6. The van der Waals surface area contributed by atoms with Gasteiger partial charge in [0.1, 0.15) is 22.7 Å². The molecule has 4 heterocycles. The standard InChI is InChI=1S/C21H21N5O3/c22-19-17(21(27)23-11-13-5-3-9-28-13)18-20(26(19)12-14-6-4-10-29-14)25-16-8-2-1-7-15(16)24-18/h1-2,4,6-8,10,13H,3,5,9,11-12,22H2,(H,23,27)/t13-/m0/s1. The van der Waals surface area contributed by atoms with Crippen LogP contribution in [0.3, 0.4) is 0 Å². The molecule has 1 aromatic carbocycles. The molecule has 0 unspecified atom stereocenters. The highest BCUT2D eigenvalue weighted by Gasteiger charge is 2.25. The Kier molecular flexibility index (Phi) is 4.40. The van der Waals surface area contributed by atoms with Crippen LogP contribution >= 0.6 is 0 Å². The lowest BCUT2D eigenvalue weighted by atomic mass is 10.2. The van der Waals surface area contributed by atoms with Crippen molar-refractivity contribution in [3.8, 4) is 0 Å². The minimum absolute atomic E-state index is 0.0450. The summed E-state index contributed by atoms with van der Waals surface area (Å²) in [6.07, 6.45) is 3.61. The summed E-state index contributed by atoms with van der Waals surface area (Å²) in [5, 5.41) is 2.95. The largest absolute Gasteiger partial charge is 0.467 e. The molecule has 1 aliphatic heterocycles. The van der Waals surface area contributed by atoms with Crippen LogP contribution in [0.1, 0.15) is 29.0 Å². The van der Waals surface area contributed by atoms with Crippen LogP contribution in [0.5, 0.6) is 0 Å². The van der Waals surface area contributed by atoms with Gasteiger partial charge in [-0.05, 0) is 37.1 Å². The molecule has 0 aliphatic carbocycles. The number of para-hydroxylation sites is 2. The molecule has 1 fully saturated rings. The number of nitrogens with zero attached hydrogens (tertiary/aromatic N) is 3. The molecule has 0 spiro atoms. The maximum atomic E-state index is 13.0. The number of carbonyl (C=O) groups excluding carboxylic acids is 1. The molecule has 148 valence electrons. The summed E-state index contributed by atoms with van der Waals surface area (Å²) in [6.45, 7) is 1.55. The topological polar surface area (TPSA) is 108 Å². The normalized spacial score (nSPS) is 16.6. The highest BCUT2D eigenvalue weighted by Crippen LogP contribution is 2.29. The second-order valence-electron chi connectivity index (χ2n) is 7.16. The van der Waals surface area contributed by atoms with E-state index < -0.39 is 0 Å². The number of aromatic nitrogens is 3. The molecule has 29 heavy (non-hydrogen) atoms. The molecular weight excluding hydrogens is 370 g/mol. The molecule has 0 bridgehead atoms. The Hall–Kier alpha value is -3.39. The molecule has 1 saturated heterocycles. The minimum Gasteiger partial charge on any atom is -0.467 e. The molecule has 1 aliphatic rings. The van der Waals surface area contributed by atoms with Gasteiger partial charge in [-0.15, -0.1) is 0 Å². The van der Waals surface area contributed by atoms with Gasteiger partial charge in [-0.3, -0.25) is 4.79 Å². The average Bonchev–Trinajstić information content (AvgIpc) is 3.48. The van der Waals surface area contributed by atoms with Crippen LogP contribution in [0, 0.1) is 0 Å². The van der Waals surface area contributed by atoms with E-state index in [1.807, 2.05) is 36.4 Å². The summed E-state index contributed by atoms with van der Waals surface area (Å²) in [5.74, 6) is 0.761. The number of ether oxygens (including phenoxy) is 1.